The summed E-state index contributed by atoms with van der Waals surface area (Å²) in [6, 6.07) is 18.6. The molecule has 21 heavy (non-hydrogen) atoms. The molecule has 3 rings (SSSR count). The van der Waals surface area contributed by atoms with Gasteiger partial charge in [0.2, 0.25) is 0 Å². The molecule has 3 nitrogen and oxygen atoms in total. The normalized spacial score (nSPS) is 17.9. The minimum absolute atomic E-state index is 0.237. The quantitative estimate of drug-likeness (QED) is 0.937. The van der Waals surface area contributed by atoms with Crippen molar-refractivity contribution < 1.29 is 0 Å². The Morgan fingerprint density at radius 3 is 2.48 bits per heavy atom. The standard InChI is InChI=1S/C17H18ClN3/c18-15-8-6-14(7-9-15)17-10-16(11-19)20-21(17)12-13-4-2-1-3-5-13/h1-9,17H,10-12,19H2. The monoisotopic (exact) mass is 299 g/mol. The summed E-state index contributed by atoms with van der Waals surface area (Å²) in [5, 5.41) is 7.56. The average molecular weight is 300 g/mol. The smallest absolute Gasteiger partial charge is 0.0777 e. The highest BCUT2D eigenvalue weighted by Gasteiger charge is 2.27. The van der Waals surface area contributed by atoms with E-state index in [0.717, 1.165) is 23.7 Å². The van der Waals surface area contributed by atoms with Crippen molar-refractivity contribution in [3.8, 4) is 0 Å². The maximum atomic E-state index is 5.98. The molecule has 4 heteroatoms. The minimum atomic E-state index is 0.237. The number of benzene rings is 2. The van der Waals surface area contributed by atoms with Crippen molar-refractivity contribution in [1.29, 1.82) is 0 Å². The summed E-state index contributed by atoms with van der Waals surface area (Å²) >= 11 is 5.98. The Kier molecular flexibility index (Phi) is 4.23. The van der Waals surface area contributed by atoms with Crippen LogP contribution in [0.3, 0.4) is 0 Å². The molecule has 0 aliphatic carbocycles. The van der Waals surface area contributed by atoms with Gasteiger partial charge >= 0.3 is 0 Å². The Bertz CT molecular complexity index is 622. The zero-order valence-corrected chi connectivity index (χ0v) is 12.5. The van der Waals surface area contributed by atoms with Crippen LogP contribution in [0.15, 0.2) is 59.7 Å². The molecule has 0 bridgehead atoms. The Morgan fingerprint density at radius 2 is 1.81 bits per heavy atom. The van der Waals surface area contributed by atoms with Crippen molar-refractivity contribution in [3.63, 3.8) is 0 Å². The predicted molar refractivity (Wildman–Crippen MR) is 87.3 cm³/mol. The fraction of sp³-hybridized carbons (Fsp3) is 0.235. The first-order valence-electron chi connectivity index (χ1n) is 7.08. The molecule has 2 N–H and O–H groups in total. The van der Waals surface area contributed by atoms with E-state index in [-0.39, 0.29) is 6.04 Å². The molecule has 2 aromatic carbocycles. The van der Waals surface area contributed by atoms with E-state index in [0.29, 0.717) is 6.54 Å². The van der Waals surface area contributed by atoms with Gasteiger partial charge in [0, 0.05) is 18.0 Å². The zero-order chi connectivity index (χ0) is 14.7. The second-order valence-corrected chi connectivity index (χ2v) is 5.66. The number of hydrogen-bond donors (Lipinski definition) is 1. The third-order valence-electron chi connectivity index (χ3n) is 3.74. The van der Waals surface area contributed by atoms with Gasteiger partial charge in [0.25, 0.3) is 0 Å². The van der Waals surface area contributed by atoms with Crippen molar-refractivity contribution >= 4 is 17.3 Å². The van der Waals surface area contributed by atoms with Crippen LogP contribution >= 0.6 is 11.6 Å². The molecule has 1 heterocycles. The lowest BCUT2D eigenvalue weighted by Gasteiger charge is -2.24. The van der Waals surface area contributed by atoms with Crippen molar-refractivity contribution in [1.82, 2.24) is 5.01 Å². The minimum Gasteiger partial charge on any atom is -0.325 e. The molecule has 1 unspecified atom stereocenters. The summed E-state index contributed by atoms with van der Waals surface area (Å²) in [4.78, 5) is 0. The number of hydrogen-bond acceptors (Lipinski definition) is 3. The molecule has 1 aliphatic rings. The van der Waals surface area contributed by atoms with Crippen molar-refractivity contribution in [2.75, 3.05) is 6.54 Å². The lowest BCUT2D eigenvalue weighted by atomic mass is 10.0. The van der Waals surface area contributed by atoms with Gasteiger partial charge in [-0.1, -0.05) is 54.1 Å². The first-order valence-corrected chi connectivity index (χ1v) is 7.46. The van der Waals surface area contributed by atoms with Gasteiger partial charge in [-0.25, -0.2) is 0 Å². The Morgan fingerprint density at radius 1 is 1.10 bits per heavy atom. The summed E-state index contributed by atoms with van der Waals surface area (Å²) in [5.41, 5.74) is 9.30. The van der Waals surface area contributed by atoms with Crippen molar-refractivity contribution in [2.24, 2.45) is 10.8 Å². The predicted octanol–water partition coefficient (Wildman–Crippen LogP) is 3.60. The van der Waals surface area contributed by atoms with Crippen molar-refractivity contribution in [2.45, 2.75) is 19.0 Å². The molecule has 0 amide bonds. The summed E-state index contributed by atoms with van der Waals surface area (Å²) in [7, 11) is 0. The van der Waals surface area contributed by atoms with E-state index in [1.54, 1.807) is 0 Å². The average Bonchev–Trinajstić information content (AvgIpc) is 2.92. The van der Waals surface area contributed by atoms with E-state index >= 15 is 0 Å². The van der Waals surface area contributed by atoms with Crippen LogP contribution < -0.4 is 5.73 Å². The van der Waals surface area contributed by atoms with E-state index in [1.165, 1.54) is 11.1 Å². The molecule has 0 saturated carbocycles. The van der Waals surface area contributed by atoms with E-state index in [1.807, 2.05) is 18.2 Å². The second-order valence-electron chi connectivity index (χ2n) is 5.23. The topological polar surface area (TPSA) is 41.6 Å². The van der Waals surface area contributed by atoms with E-state index in [4.69, 9.17) is 17.3 Å². The number of nitrogens with two attached hydrogens (primary N) is 1. The largest absolute Gasteiger partial charge is 0.325 e. The molecular weight excluding hydrogens is 282 g/mol. The molecular formula is C17H18ClN3. The summed E-state index contributed by atoms with van der Waals surface area (Å²) in [6.45, 7) is 1.30. The van der Waals surface area contributed by atoms with Crippen LogP contribution in [-0.2, 0) is 6.54 Å². The lowest BCUT2D eigenvalue weighted by molar-refractivity contribution is 0.224. The molecule has 0 spiro atoms. The Hall–Kier alpha value is -1.84. The molecule has 0 aromatic heterocycles. The molecule has 108 valence electrons. The molecule has 0 saturated heterocycles. The van der Waals surface area contributed by atoms with Crippen LogP contribution in [0.1, 0.15) is 23.6 Å². The first-order chi connectivity index (χ1) is 10.3. The van der Waals surface area contributed by atoms with E-state index in [9.17, 15) is 0 Å². The second kappa shape index (κ2) is 6.29. The highest BCUT2D eigenvalue weighted by Crippen LogP contribution is 2.32. The van der Waals surface area contributed by atoms with E-state index < -0.39 is 0 Å². The van der Waals surface area contributed by atoms with Crippen molar-refractivity contribution in [3.05, 3.63) is 70.7 Å². The fourth-order valence-electron chi connectivity index (χ4n) is 2.64. The third kappa shape index (κ3) is 3.26. The van der Waals surface area contributed by atoms with Crippen LogP contribution in [0.5, 0.6) is 0 Å². The van der Waals surface area contributed by atoms with Gasteiger partial charge in [-0.05, 0) is 23.3 Å². The molecule has 0 radical (unpaired) electrons. The molecule has 1 aliphatic heterocycles. The van der Waals surface area contributed by atoms with Crippen LogP contribution in [0.4, 0.5) is 0 Å². The highest BCUT2D eigenvalue weighted by molar-refractivity contribution is 6.30. The number of halogens is 1. The van der Waals surface area contributed by atoms with Crippen LogP contribution in [0.2, 0.25) is 5.02 Å². The summed E-state index contributed by atoms with van der Waals surface area (Å²) < 4.78 is 0. The maximum absolute atomic E-state index is 5.98. The third-order valence-corrected chi connectivity index (χ3v) is 3.99. The van der Waals surface area contributed by atoms with Gasteiger partial charge in [0.15, 0.2) is 0 Å². The summed E-state index contributed by atoms with van der Waals surface area (Å²) in [6.07, 6.45) is 0.880. The molecule has 0 fully saturated rings. The van der Waals surface area contributed by atoms with Gasteiger partial charge in [-0.2, -0.15) is 5.10 Å². The fourth-order valence-corrected chi connectivity index (χ4v) is 2.76. The van der Waals surface area contributed by atoms with Crippen LogP contribution in [0.25, 0.3) is 0 Å². The van der Waals surface area contributed by atoms with Crippen LogP contribution in [0, 0.1) is 0 Å². The number of nitrogens with zero attached hydrogens (tertiary/aromatic N) is 2. The highest BCUT2D eigenvalue weighted by atomic mass is 35.5. The number of hydrazone groups is 1. The SMILES string of the molecule is NCC1=NN(Cc2ccccc2)C(c2ccc(Cl)cc2)C1. The van der Waals surface area contributed by atoms with Gasteiger partial charge < -0.3 is 5.73 Å². The lowest BCUT2D eigenvalue weighted by Crippen LogP contribution is -2.19. The number of rotatable bonds is 4. The van der Waals surface area contributed by atoms with Gasteiger partial charge in [0.05, 0.1) is 18.3 Å². The van der Waals surface area contributed by atoms with E-state index in [2.05, 4.69) is 46.5 Å². The molecule has 1 atom stereocenters. The summed E-state index contributed by atoms with van der Waals surface area (Å²) in [5.74, 6) is 0. The zero-order valence-electron chi connectivity index (χ0n) is 11.7. The Labute approximate surface area is 130 Å². The van der Waals surface area contributed by atoms with Gasteiger partial charge in [-0.15, -0.1) is 0 Å². The maximum Gasteiger partial charge on any atom is 0.0777 e. The molecule has 2 aromatic rings. The Balaban J connectivity index is 1.83. The van der Waals surface area contributed by atoms with Gasteiger partial charge in [-0.3, -0.25) is 5.01 Å². The first kappa shape index (κ1) is 14.1. The van der Waals surface area contributed by atoms with Crippen LogP contribution in [-0.4, -0.2) is 17.3 Å². The van der Waals surface area contributed by atoms with Gasteiger partial charge in [0.1, 0.15) is 0 Å².